The summed E-state index contributed by atoms with van der Waals surface area (Å²) in [5, 5.41) is 13.8. The van der Waals surface area contributed by atoms with E-state index in [-0.39, 0.29) is 18.0 Å². The van der Waals surface area contributed by atoms with Crippen molar-refractivity contribution in [1.82, 2.24) is 9.73 Å². The van der Waals surface area contributed by atoms with Crippen molar-refractivity contribution in [2.24, 2.45) is 5.10 Å². The number of amides is 1. The number of benzene rings is 3. The minimum absolute atomic E-state index is 0.0805. The zero-order valence-corrected chi connectivity index (χ0v) is 22.8. The monoisotopic (exact) mass is 566 g/mol. The number of ether oxygens (including phenoxy) is 2. The maximum absolute atomic E-state index is 13.1. The largest absolute Gasteiger partial charge is 0.490 e. The van der Waals surface area contributed by atoms with Crippen LogP contribution in [0.3, 0.4) is 0 Å². The highest BCUT2D eigenvalue weighted by Gasteiger charge is 2.39. The van der Waals surface area contributed by atoms with Gasteiger partial charge in [-0.3, -0.25) is 4.79 Å². The molecule has 0 aliphatic carbocycles. The van der Waals surface area contributed by atoms with Gasteiger partial charge in [-0.15, -0.1) is 0 Å². The number of sulfonamides is 1. The average molecular weight is 567 g/mol. The van der Waals surface area contributed by atoms with Crippen LogP contribution in [0.5, 0.6) is 11.5 Å². The Morgan fingerprint density at radius 2 is 1.92 bits per heavy atom. The number of carbonyl (C=O) groups is 1. The number of rotatable bonds is 10. The quantitative estimate of drug-likeness (QED) is 0.285. The smallest absolute Gasteiger partial charge is 0.258 e. The summed E-state index contributed by atoms with van der Waals surface area (Å²) in [5.74, 6) is 0.473. The summed E-state index contributed by atoms with van der Waals surface area (Å²) in [6.45, 7) is 2.69. The van der Waals surface area contributed by atoms with Gasteiger partial charge in [0, 0.05) is 17.1 Å². The molecule has 202 valence electrons. The fraction of sp³-hybridized carbons (Fsp3) is 0.250. The van der Waals surface area contributed by atoms with Crippen LogP contribution in [0.2, 0.25) is 5.02 Å². The van der Waals surface area contributed by atoms with Gasteiger partial charge in [-0.05, 0) is 73.9 Å². The Morgan fingerprint density at radius 3 is 2.67 bits per heavy atom. The Labute approximate surface area is 232 Å². The van der Waals surface area contributed by atoms with E-state index in [9.17, 15) is 18.5 Å². The summed E-state index contributed by atoms with van der Waals surface area (Å²) in [4.78, 5) is 12.9. The van der Waals surface area contributed by atoms with E-state index in [2.05, 4.69) is 16.6 Å². The van der Waals surface area contributed by atoms with E-state index in [1.54, 1.807) is 30.3 Å². The van der Waals surface area contributed by atoms with E-state index >= 15 is 0 Å². The van der Waals surface area contributed by atoms with Crippen LogP contribution in [0, 0.1) is 11.3 Å². The lowest BCUT2D eigenvalue weighted by molar-refractivity contribution is -0.124. The topological polar surface area (TPSA) is 121 Å². The molecule has 9 nitrogen and oxygen atoms in total. The van der Waals surface area contributed by atoms with Crippen LogP contribution in [0.25, 0.3) is 0 Å². The second kappa shape index (κ2) is 12.8. The van der Waals surface area contributed by atoms with Crippen LogP contribution >= 0.6 is 11.6 Å². The molecule has 0 radical (unpaired) electrons. The van der Waals surface area contributed by atoms with Crippen LogP contribution in [-0.2, 0) is 21.4 Å². The minimum atomic E-state index is -3.86. The summed E-state index contributed by atoms with van der Waals surface area (Å²) in [5.41, 5.74) is 4.40. The van der Waals surface area contributed by atoms with Gasteiger partial charge in [-0.1, -0.05) is 29.8 Å². The molecule has 1 amide bonds. The number of hydrogen-bond acceptors (Lipinski definition) is 7. The van der Waals surface area contributed by atoms with Gasteiger partial charge in [0.15, 0.2) is 11.5 Å². The normalized spacial score (nSPS) is 15.7. The summed E-state index contributed by atoms with van der Waals surface area (Å²) in [7, 11) is -3.86. The molecule has 1 aliphatic heterocycles. The van der Waals surface area contributed by atoms with Crippen molar-refractivity contribution in [2.75, 3.05) is 13.2 Å². The van der Waals surface area contributed by atoms with Crippen molar-refractivity contribution in [2.45, 2.75) is 37.3 Å². The predicted molar refractivity (Wildman–Crippen MR) is 147 cm³/mol. The Balaban J connectivity index is 1.42. The van der Waals surface area contributed by atoms with Crippen LogP contribution < -0.4 is 14.9 Å². The van der Waals surface area contributed by atoms with Gasteiger partial charge < -0.3 is 9.47 Å². The first kappa shape index (κ1) is 28.1. The lowest BCUT2D eigenvalue weighted by atomic mass is 10.1. The minimum Gasteiger partial charge on any atom is -0.490 e. The molecular weight excluding hydrogens is 540 g/mol. The fourth-order valence-corrected chi connectivity index (χ4v) is 5.96. The zero-order valence-electron chi connectivity index (χ0n) is 21.2. The van der Waals surface area contributed by atoms with Gasteiger partial charge in [0.1, 0.15) is 12.6 Å². The van der Waals surface area contributed by atoms with E-state index in [0.717, 1.165) is 5.56 Å². The summed E-state index contributed by atoms with van der Waals surface area (Å²) < 4.78 is 39.0. The Hall–Kier alpha value is -3.91. The molecule has 3 aromatic carbocycles. The highest BCUT2D eigenvalue weighted by molar-refractivity contribution is 7.89. The van der Waals surface area contributed by atoms with Gasteiger partial charge in [-0.25, -0.2) is 13.8 Å². The lowest BCUT2D eigenvalue weighted by Crippen LogP contribution is -2.44. The van der Waals surface area contributed by atoms with Crippen molar-refractivity contribution in [1.29, 1.82) is 5.26 Å². The van der Waals surface area contributed by atoms with Crippen molar-refractivity contribution in [3.8, 4) is 17.6 Å². The molecule has 0 spiro atoms. The molecule has 1 aliphatic rings. The number of nitriles is 1. The molecule has 4 rings (SSSR count). The zero-order chi connectivity index (χ0) is 27.8. The van der Waals surface area contributed by atoms with Gasteiger partial charge in [0.25, 0.3) is 5.91 Å². The number of halogens is 1. The van der Waals surface area contributed by atoms with Gasteiger partial charge in [0.2, 0.25) is 10.0 Å². The maximum atomic E-state index is 13.1. The Kier molecular flexibility index (Phi) is 9.19. The van der Waals surface area contributed by atoms with Gasteiger partial charge >= 0.3 is 0 Å². The number of nitrogens with one attached hydrogen (secondary N) is 1. The SMILES string of the molecule is CCOc1cc(/C=N\NC(=O)[C@@H]2CCCN2S(=O)(=O)c2ccc(Cl)cc2)ccc1OCc1ccccc1C#N. The number of nitrogens with zero attached hydrogens (tertiary/aromatic N) is 3. The third-order valence-corrected chi connectivity index (χ3v) is 8.28. The maximum Gasteiger partial charge on any atom is 0.258 e. The van der Waals surface area contributed by atoms with E-state index in [1.807, 2.05) is 19.1 Å². The molecule has 1 heterocycles. The average Bonchev–Trinajstić information content (AvgIpc) is 3.44. The summed E-state index contributed by atoms with van der Waals surface area (Å²) >= 11 is 5.88. The number of carbonyl (C=O) groups excluding carboxylic acids is 1. The molecule has 1 N–H and O–H groups in total. The second-order valence-electron chi connectivity index (χ2n) is 8.66. The van der Waals surface area contributed by atoms with Gasteiger partial charge in [0.05, 0.1) is 29.3 Å². The molecule has 0 bridgehead atoms. The van der Waals surface area contributed by atoms with E-state index in [4.69, 9.17) is 21.1 Å². The van der Waals surface area contributed by atoms with E-state index < -0.39 is 22.0 Å². The standard InChI is InChI=1S/C28H27ClN4O5S/c1-2-37-27-16-20(9-14-26(27)38-19-22-7-4-3-6-21(22)17-30)18-31-32-28(34)25-8-5-15-33(25)39(35,36)24-12-10-23(29)11-13-24/h3-4,6-7,9-14,16,18,25H,2,5,8,15,19H2,1H3,(H,32,34)/b31-18-/t25-/m0/s1. The first-order chi connectivity index (χ1) is 18.8. The van der Waals surface area contributed by atoms with E-state index in [0.29, 0.717) is 47.1 Å². The molecule has 39 heavy (non-hydrogen) atoms. The highest BCUT2D eigenvalue weighted by atomic mass is 35.5. The summed E-state index contributed by atoms with van der Waals surface area (Å²) in [6, 6.07) is 19.5. The first-order valence-corrected chi connectivity index (χ1v) is 14.1. The van der Waals surface area contributed by atoms with Gasteiger partial charge in [-0.2, -0.15) is 14.7 Å². The van der Waals surface area contributed by atoms with Crippen LogP contribution in [0.15, 0.2) is 76.7 Å². The Bertz CT molecular complexity index is 1500. The molecule has 1 saturated heterocycles. The number of hydrazone groups is 1. The van der Waals surface area contributed by atoms with Crippen LogP contribution in [-0.4, -0.2) is 44.0 Å². The van der Waals surface area contributed by atoms with Crippen LogP contribution in [0.4, 0.5) is 0 Å². The number of hydrogen-bond donors (Lipinski definition) is 1. The first-order valence-electron chi connectivity index (χ1n) is 12.3. The molecule has 0 unspecified atom stereocenters. The molecule has 11 heteroatoms. The van der Waals surface area contributed by atoms with Crippen LogP contribution in [0.1, 0.15) is 36.5 Å². The summed E-state index contributed by atoms with van der Waals surface area (Å²) in [6.07, 6.45) is 2.40. The molecule has 0 aromatic heterocycles. The highest BCUT2D eigenvalue weighted by Crippen LogP contribution is 2.30. The predicted octanol–water partition coefficient (Wildman–Crippen LogP) is 4.49. The van der Waals surface area contributed by atoms with Crippen molar-refractivity contribution in [3.05, 3.63) is 88.4 Å². The molecule has 1 atom stereocenters. The lowest BCUT2D eigenvalue weighted by Gasteiger charge is -2.22. The molecule has 3 aromatic rings. The van der Waals surface area contributed by atoms with E-state index in [1.165, 1.54) is 34.8 Å². The third-order valence-electron chi connectivity index (χ3n) is 6.10. The van der Waals surface area contributed by atoms with Crippen molar-refractivity contribution >= 4 is 33.7 Å². The third kappa shape index (κ3) is 6.75. The second-order valence-corrected chi connectivity index (χ2v) is 11.0. The molecular formula is C28H27ClN4O5S. The van der Waals surface area contributed by atoms with Crippen molar-refractivity contribution < 1.29 is 22.7 Å². The Morgan fingerprint density at radius 1 is 1.15 bits per heavy atom. The molecule has 0 saturated carbocycles. The fourth-order valence-electron chi connectivity index (χ4n) is 4.18. The van der Waals surface area contributed by atoms with Crippen molar-refractivity contribution in [3.63, 3.8) is 0 Å². The molecule has 1 fully saturated rings.